The second-order valence-electron chi connectivity index (χ2n) is 10.1. The number of benzene rings is 1. The molecule has 5 rings (SSSR count). The Morgan fingerprint density at radius 1 is 1.23 bits per heavy atom. The highest BCUT2D eigenvalue weighted by atomic mass is 35.5. The molecule has 1 aromatic carbocycles. The first-order valence-electron chi connectivity index (χ1n) is 11.6. The van der Waals surface area contributed by atoms with Crippen molar-refractivity contribution in [3.63, 3.8) is 0 Å². The molecule has 0 amide bonds. The number of carbonyl (C=O) groups excluding carboxylic acids is 1. The minimum atomic E-state index is -0.0149. The topological polar surface area (TPSA) is 32.8 Å². The number of nitrogens with zero attached hydrogens (tertiary/aromatic N) is 2. The zero-order valence-electron chi connectivity index (χ0n) is 18.1. The van der Waals surface area contributed by atoms with E-state index in [1.54, 1.807) is 5.57 Å². The number of fused-ring (bicyclic) bond motifs is 2. The minimum absolute atomic E-state index is 0.0149. The van der Waals surface area contributed by atoms with Crippen molar-refractivity contribution >= 4 is 23.3 Å². The summed E-state index contributed by atoms with van der Waals surface area (Å²) in [5.41, 5.74) is 3.02. The Morgan fingerprint density at radius 2 is 2.03 bits per heavy atom. The average molecular weight is 429 g/mol. The zero-order valence-corrected chi connectivity index (χ0v) is 18.9. The third-order valence-corrected chi connectivity index (χ3v) is 8.32. The number of rotatable bonds is 3. The number of carbonyl (C=O) groups is 1. The Kier molecular flexibility index (Phi) is 5.35. The van der Waals surface area contributed by atoms with Crippen molar-refractivity contribution in [2.24, 2.45) is 23.2 Å². The maximum absolute atomic E-state index is 12.8. The molecule has 0 N–H and O–H groups in total. The van der Waals surface area contributed by atoms with Crippen LogP contribution in [0.3, 0.4) is 0 Å². The molecule has 3 fully saturated rings. The van der Waals surface area contributed by atoms with Gasteiger partial charge in [0, 0.05) is 49.4 Å². The molecule has 5 atom stereocenters. The highest BCUT2D eigenvalue weighted by Gasteiger charge is 2.52. The number of allylic oxidation sites excluding steroid dienone is 1. The molecule has 4 aliphatic rings. The van der Waals surface area contributed by atoms with Gasteiger partial charge in [-0.1, -0.05) is 49.6 Å². The van der Waals surface area contributed by atoms with Crippen LogP contribution in [0.5, 0.6) is 0 Å². The van der Waals surface area contributed by atoms with E-state index in [2.05, 4.69) is 35.8 Å². The first-order valence-corrected chi connectivity index (χ1v) is 12.0. The van der Waals surface area contributed by atoms with Crippen LogP contribution in [0.4, 0.5) is 5.69 Å². The van der Waals surface area contributed by atoms with Gasteiger partial charge in [0.25, 0.3) is 0 Å². The van der Waals surface area contributed by atoms with Crippen molar-refractivity contribution in [3.05, 3.63) is 40.9 Å². The fraction of sp³-hybridized carbons (Fsp3) is 0.640. The van der Waals surface area contributed by atoms with Crippen LogP contribution < -0.4 is 4.90 Å². The molecule has 5 heteroatoms. The van der Waals surface area contributed by atoms with Crippen LogP contribution in [0.1, 0.15) is 39.5 Å². The van der Waals surface area contributed by atoms with Gasteiger partial charge < -0.3 is 9.64 Å². The summed E-state index contributed by atoms with van der Waals surface area (Å²) in [4.78, 5) is 17.7. The predicted molar refractivity (Wildman–Crippen MR) is 121 cm³/mol. The second kappa shape index (κ2) is 7.87. The van der Waals surface area contributed by atoms with E-state index in [1.807, 2.05) is 18.2 Å². The highest BCUT2D eigenvalue weighted by molar-refractivity contribution is 6.30. The Balaban J connectivity index is 1.26. The summed E-state index contributed by atoms with van der Waals surface area (Å²) in [6.45, 7) is 9.44. The van der Waals surface area contributed by atoms with E-state index in [-0.39, 0.29) is 29.3 Å². The summed E-state index contributed by atoms with van der Waals surface area (Å²) in [6, 6.07) is 8.08. The second-order valence-corrected chi connectivity index (χ2v) is 10.5. The predicted octanol–water partition coefficient (Wildman–Crippen LogP) is 4.78. The van der Waals surface area contributed by atoms with Crippen LogP contribution in [0, 0.1) is 23.2 Å². The molecule has 2 aliphatic heterocycles. The van der Waals surface area contributed by atoms with E-state index in [4.69, 9.17) is 16.3 Å². The van der Waals surface area contributed by atoms with Gasteiger partial charge in [-0.2, -0.15) is 0 Å². The fourth-order valence-corrected chi connectivity index (χ4v) is 6.58. The quantitative estimate of drug-likeness (QED) is 0.512. The molecule has 2 heterocycles. The van der Waals surface area contributed by atoms with Crippen LogP contribution in [-0.4, -0.2) is 49.7 Å². The number of piperazine rings is 1. The van der Waals surface area contributed by atoms with Crippen LogP contribution >= 0.6 is 11.6 Å². The van der Waals surface area contributed by atoms with Crippen molar-refractivity contribution in [1.82, 2.24) is 4.90 Å². The molecule has 0 unspecified atom stereocenters. The zero-order chi connectivity index (χ0) is 20.9. The number of hydrogen-bond acceptors (Lipinski definition) is 4. The van der Waals surface area contributed by atoms with E-state index >= 15 is 0 Å². The monoisotopic (exact) mass is 428 g/mol. The van der Waals surface area contributed by atoms with Gasteiger partial charge in [0.1, 0.15) is 6.10 Å². The summed E-state index contributed by atoms with van der Waals surface area (Å²) < 4.78 is 5.94. The van der Waals surface area contributed by atoms with Crippen molar-refractivity contribution in [3.8, 4) is 0 Å². The maximum Gasteiger partial charge on any atom is 0.311 e. The van der Waals surface area contributed by atoms with Crippen LogP contribution in [0.2, 0.25) is 5.02 Å². The molecule has 1 saturated carbocycles. The molecule has 2 saturated heterocycles. The lowest BCUT2D eigenvalue weighted by Crippen LogP contribution is -2.49. The lowest BCUT2D eigenvalue weighted by molar-refractivity contribution is -0.145. The lowest BCUT2D eigenvalue weighted by atomic mass is 9.59. The fourth-order valence-electron chi connectivity index (χ4n) is 6.40. The molecule has 30 heavy (non-hydrogen) atoms. The van der Waals surface area contributed by atoms with Crippen molar-refractivity contribution in [2.45, 2.75) is 45.6 Å². The maximum atomic E-state index is 12.8. The van der Waals surface area contributed by atoms with Crippen molar-refractivity contribution in [1.29, 1.82) is 0 Å². The summed E-state index contributed by atoms with van der Waals surface area (Å²) in [5.74, 6) is 0.905. The largest absolute Gasteiger partial charge is 0.461 e. The summed E-state index contributed by atoms with van der Waals surface area (Å²) in [5, 5.41) is 0.781. The summed E-state index contributed by atoms with van der Waals surface area (Å²) in [6.07, 6.45) is 7.37. The van der Waals surface area contributed by atoms with Crippen molar-refractivity contribution < 1.29 is 9.53 Å². The average Bonchev–Trinajstić information content (AvgIpc) is 3.01. The summed E-state index contributed by atoms with van der Waals surface area (Å²) in [7, 11) is 0. The third kappa shape index (κ3) is 3.67. The smallest absolute Gasteiger partial charge is 0.311 e. The normalized spacial score (nSPS) is 36.7. The van der Waals surface area contributed by atoms with Crippen LogP contribution in [0.15, 0.2) is 35.9 Å². The number of hydrogen-bond donors (Lipinski definition) is 0. The van der Waals surface area contributed by atoms with Gasteiger partial charge in [-0.15, -0.1) is 0 Å². The van der Waals surface area contributed by atoms with E-state index in [9.17, 15) is 4.79 Å². The molecule has 1 aromatic rings. The van der Waals surface area contributed by atoms with E-state index in [1.165, 1.54) is 24.9 Å². The van der Waals surface area contributed by atoms with Gasteiger partial charge in [-0.3, -0.25) is 9.69 Å². The highest BCUT2D eigenvalue weighted by Crippen LogP contribution is 2.54. The van der Waals surface area contributed by atoms with E-state index < -0.39 is 0 Å². The first kappa shape index (κ1) is 20.4. The Morgan fingerprint density at radius 3 is 2.80 bits per heavy atom. The van der Waals surface area contributed by atoms with Crippen LogP contribution in [-0.2, 0) is 9.53 Å². The SMILES string of the molecule is C[C@H]1CCC[C@]2(C)C[C@H]3OC(=O)[C@@H](CN4CCN(c5cccc(Cl)c5)CC4)[C@H]3C=C12. The molecule has 0 spiro atoms. The van der Waals surface area contributed by atoms with Gasteiger partial charge in [0.05, 0.1) is 5.92 Å². The molecule has 0 bridgehead atoms. The van der Waals surface area contributed by atoms with Crippen molar-refractivity contribution in [2.75, 3.05) is 37.6 Å². The molecule has 2 aliphatic carbocycles. The Hall–Kier alpha value is -1.52. The van der Waals surface area contributed by atoms with E-state index in [0.717, 1.165) is 44.2 Å². The minimum Gasteiger partial charge on any atom is -0.461 e. The van der Waals surface area contributed by atoms with Gasteiger partial charge >= 0.3 is 5.97 Å². The molecule has 0 radical (unpaired) electrons. The van der Waals surface area contributed by atoms with Gasteiger partial charge in [-0.05, 0) is 48.8 Å². The van der Waals surface area contributed by atoms with E-state index in [0.29, 0.717) is 5.92 Å². The molecular formula is C25H33ClN2O2. The number of halogens is 1. The number of esters is 1. The van der Waals surface area contributed by atoms with Crippen LogP contribution in [0.25, 0.3) is 0 Å². The standard InChI is InChI=1S/C25H33ClN2O2/c1-17-5-4-8-25(2)15-23-20(14-22(17)25)21(24(29)30-23)16-27-9-11-28(12-10-27)19-7-3-6-18(26)13-19/h3,6-7,13-14,17,20-21,23H,4-5,8-12,15-16H2,1-2H3/t17-,20+,21-,23+,25+/m0/s1. The number of anilines is 1. The molecular weight excluding hydrogens is 396 g/mol. The molecule has 0 aromatic heterocycles. The Labute approximate surface area is 185 Å². The van der Waals surface area contributed by atoms with Gasteiger partial charge in [-0.25, -0.2) is 0 Å². The molecule has 162 valence electrons. The lowest BCUT2D eigenvalue weighted by Gasteiger charge is -2.46. The molecule has 4 nitrogen and oxygen atoms in total. The summed E-state index contributed by atoms with van der Waals surface area (Å²) >= 11 is 6.16. The van der Waals surface area contributed by atoms with Gasteiger partial charge in [0.15, 0.2) is 0 Å². The third-order valence-electron chi connectivity index (χ3n) is 8.08. The number of ether oxygens (including phenoxy) is 1. The van der Waals surface area contributed by atoms with Gasteiger partial charge in [0.2, 0.25) is 0 Å². The Bertz CT molecular complexity index is 847. The first-order chi connectivity index (χ1) is 14.4.